The topological polar surface area (TPSA) is 8.81 Å². The Labute approximate surface area is 158 Å². The standard InChI is InChI=1S/C24H35N2/c1-2-18-6-19-5-17(1)10-23(11-18,12-19)25-3-4-26(16-25)24-13-20-7-21(14-24)9-22(8-20)15-24/h3-4,16-22H,1-2,5-15H2/q+1. The second-order valence-electron chi connectivity index (χ2n) is 11.9. The van der Waals surface area contributed by atoms with E-state index in [1.54, 1.807) is 32.1 Å². The number of fused-ring (bicyclic) bond motifs is 1. The maximum atomic E-state index is 2.75. The minimum absolute atomic E-state index is 0.487. The molecule has 0 aromatic carbocycles. The molecule has 8 saturated carbocycles. The second-order valence-corrected chi connectivity index (χ2v) is 11.9. The van der Waals surface area contributed by atoms with Crippen molar-refractivity contribution in [3.05, 3.63) is 18.7 Å². The van der Waals surface area contributed by atoms with E-state index in [1.807, 2.05) is 0 Å². The molecule has 1 aromatic rings. The lowest BCUT2D eigenvalue weighted by atomic mass is 9.53. The van der Waals surface area contributed by atoms with Crippen molar-refractivity contribution in [2.45, 2.75) is 94.5 Å². The molecule has 26 heavy (non-hydrogen) atoms. The molecule has 0 saturated heterocycles. The van der Waals surface area contributed by atoms with Crippen molar-refractivity contribution in [2.75, 3.05) is 0 Å². The number of aromatic nitrogens is 2. The van der Waals surface area contributed by atoms with Gasteiger partial charge in [0, 0.05) is 0 Å². The Morgan fingerprint density at radius 2 is 1.15 bits per heavy atom. The molecule has 0 radical (unpaired) electrons. The summed E-state index contributed by atoms with van der Waals surface area (Å²) in [7, 11) is 0. The van der Waals surface area contributed by atoms with Gasteiger partial charge in [0.15, 0.2) is 0 Å². The average Bonchev–Trinajstić information content (AvgIpc) is 3.01. The summed E-state index contributed by atoms with van der Waals surface area (Å²) in [5, 5.41) is 0. The highest BCUT2D eigenvalue weighted by Gasteiger charge is 2.56. The maximum Gasteiger partial charge on any atom is 0.244 e. The van der Waals surface area contributed by atoms with E-state index in [-0.39, 0.29) is 0 Å². The molecule has 0 aliphatic heterocycles. The number of nitrogens with zero attached hydrogens (tertiary/aromatic N) is 2. The summed E-state index contributed by atoms with van der Waals surface area (Å²) in [5.74, 6) is 6.21. The van der Waals surface area contributed by atoms with Gasteiger partial charge in [0.2, 0.25) is 6.33 Å². The molecule has 0 N–H and O–H groups in total. The smallest absolute Gasteiger partial charge is 0.231 e. The summed E-state index contributed by atoms with van der Waals surface area (Å²) in [4.78, 5) is 0. The van der Waals surface area contributed by atoms with E-state index in [2.05, 4.69) is 27.9 Å². The molecule has 9 rings (SSSR count). The summed E-state index contributed by atoms with van der Waals surface area (Å²) in [6, 6.07) is 0. The molecule has 8 aliphatic rings. The molecule has 2 atom stereocenters. The van der Waals surface area contributed by atoms with E-state index in [0.717, 1.165) is 35.5 Å². The first-order chi connectivity index (χ1) is 12.7. The second kappa shape index (κ2) is 4.97. The van der Waals surface area contributed by atoms with Gasteiger partial charge in [-0.3, -0.25) is 0 Å². The minimum Gasteiger partial charge on any atom is -0.231 e. The molecule has 8 fully saturated rings. The fourth-order valence-electron chi connectivity index (χ4n) is 9.76. The van der Waals surface area contributed by atoms with Crippen molar-refractivity contribution in [3.63, 3.8) is 0 Å². The maximum absolute atomic E-state index is 2.75. The van der Waals surface area contributed by atoms with Crippen LogP contribution in [0.25, 0.3) is 0 Å². The third-order valence-electron chi connectivity index (χ3n) is 10.1. The van der Waals surface area contributed by atoms with E-state index >= 15 is 0 Å². The van der Waals surface area contributed by atoms with Crippen molar-refractivity contribution >= 4 is 0 Å². The summed E-state index contributed by atoms with van der Waals surface area (Å²) >= 11 is 0. The van der Waals surface area contributed by atoms with Crippen LogP contribution in [-0.4, -0.2) is 4.57 Å². The number of hydrogen-bond acceptors (Lipinski definition) is 0. The van der Waals surface area contributed by atoms with Gasteiger partial charge in [0.25, 0.3) is 0 Å². The van der Waals surface area contributed by atoms with Gasteiger partial charge in [0.05, 0.1) is 0 Å². The van der Waals surface area contributed by atoms with Crippen molar-refractivity contribution in [2.24, 2.45) is 35.5 Å². The van der Waals surface area contributed by atoms with E-state index in [4.69, 9.17) is 0 Å². The lowest BCUT2D eigenvalue weighted by Crippen LogP contribution is -2.61. The molecule has 1 aromatic heterocycles. The predicted octanol–water partition coefficient (Wildman–Crippen LogP) is 5.02. The lowest BCUT2D eigenvalue weighted by Gasteiger charge is -2.54. The third-order valence-corrected chi connectivity index (χ3v) is 10.1. The first-order valence-corrected chi connectivity index (χ1v) is 11.8. The van der Waals surface area contributed by atoms with Gasteiger partial charge in [0.1, 0.15) is 23.5 Å². The van der Waals surface area contributed by atoms with Crippen LogP contribution in [0.15, 0.2) is 18.7 Å². The zero-order valence-corrected chi connectivity index (χ0v) is 16.3. The first kappa shape index (κ1) is 15.2. The first-order valence-electron chi connectivity index (χ1n) is 11.8. The molecule has 0 amide bonds. The van der Waals surface area contributed by atoms with E-state index in [0.29, 0.717) is 11.1 Å². The Morgan fingerprint density at radius 3 is 1.77 bits per heavy atom. The van der Waals surface area contributed by atoms with Crippen LogP contribution in [-0.2, 0) is 11.1 Å². The van der Waals surface area contributed by atoms with Gasteiger partial charge in [-0.1, -0.05) is 12.8 Å². The summed E-state index contributed by atoms with van der Waals surface area (Å²) in [6.45, 7) is 0. The van der Waals surface area contributed by atoms with Crippen LogP contribution >= 0.6 is 0 Å². The van der Waals surface area contributed by atoms with Gasteiger partial charge in [-0.05, 0) is 106 Å². The van der Waals surface area contributed by atoms with Crippen LogP contribution in [0.3, 0.4) is 0 Å². The Hall–Kier alpha value is -0.790. The fraction of sp³-hybridized carbons (Fsp3) is 0.875. The van der Waals surface area contributed by atoms with Crippen LogP contribution in [0, 0.1) is 35.5 Å². The quantitative estimate of drug-likeness (QED) is 0.662. The molecule has 8 aliphatic carbocycles. The van der Waals surface area contributed by atoms with Gasteiger partial charge in [-0.15, -0.1) is 0 Å². The van der Waals surface area contributed by atoms with Crippen molar-refractivity contribution < 1.29 is 4.57 Å². The number of hydrogen-bond donors (Lipinski definition) is 0. The lowest BCUT2D eigenvalue weighted by molar-refractivity contribution is -0.773. The summed E-state index contributed by atoms with van der Waals surface area (Å²) < 4.78 is 5.49. The van der Waals surface area contributed by atoms with Gasteiger partial charge >= 0.3 is 0 Å². The Balaban J connectivity index is 1.26. The molecule has 2 heteroatoms. The van der Waals surface area contributed by atoms with Gasteiger partial charge < -0.3 is 0 Å². The molecule has 140 valence electrons. The average molecular weight is 352 g/mol. The molecule has 8 bridgehead atoms. The van der Waals surface area contributed by atoms with Gasteiger partial charge in [-0.2, -0.15) is 0 Å². The van der Waals surface area contributed by atoms with Crippen molar-refractivity contribution in [1.82, 2.24) is 4.57 Å². The summed E-state index contributed by atoms with van der Waals surface area (Å²) in [6.07, 6.45) is 27.3. The highest BCUT2D eigenvalue weighted by molar-refractivity contribution is 5.06. The largest absolute Gasteiger partial charge is 0.244 e. The summed E-state index contributed by atoms with van der Waals surface area (Å²) in [5.41, 5.74) is 0.985. The number of imidazole rings is 1. The SMILES string of the molecule is c1c[n+](C23CC4CCC(CC(C4)C2)C3)cn1C12CC3CC(CC(C3)C1)C2. The van der Waals surface area contributed by atoms with Crippen LogP contribution in [0.2, 0.25) is 0 Å². The van der Waals surface area contributed by atoms with Crippen molar-refractivity contribution in [3.8, 4) is 0 Å². The monoisotopic (exact) mass is 351 g/mol. The number of rotatable bonds is 2. The van der Waals surface area contributed by atoms with Crippen LogP contribution < -0.4 is 4.57 Å². The highest BCUT2D eigenvalue weighted by atomic mass is 15.2. The van der Waals surface area contributed by atoms with E-state index in [9.17, 15) is 0 Å². The van der Waals surface area contributed by atoms with Crippen LogP contribution in [0.1, 0.15) is 83.5 Å². The Bertz CT molecular complexity index is 679. The molecule has 1 heterocycles. The zero-order valence-electron chi connectivity index (χ0n) is 16.3. The fourth-order valence-corrected chi connectivity index (χ4v) is 9.76. The Morgan fingerprint density at radius 1 is 0.654 bits per heavy atom. The predicted molar refractivity (Wildman–Crippen MR) is 102 cm³/mol. The Kier molecular flexibility index (Phi) is 2.90. The molecule has 2 nitrogen and oxygen atoms in total. The van der Waals surface area contributed by atoms with Crippen LogP contribution in [0.5, 0.6) is 0 Å². The van der Waals surface area contributed by atoms with E-state index < -0.39 is 0 Å². The molecular formula is C24H35N2+. The third kappa shape index (κ3) is 2.02. The van der Waals surface area contributed by atoms with Crippen LogP contribution in [0.4, 0.5) is 0 Å². The highest BCUT2D eigenvalue weighted by Crippen LogP contribution is 2.59. The van der Waals surface area contributed by atoms with Gasteiger partial charge in [-0.25, -0.2) is 9.13 Å². The molecular weight excluding hydrogens is 316 g/mol. The zero-order chi connectivity index (χ0) is 16.9. The van der Waals surface area contributed by atoms with Crippen molar-refractivity contribution in [1.29, 1.82) is 0 Å². The molecule has 0 spiro atoms. The minimum atomic E-state index is 0.487. The van der Waals surface area contributed by atoms with E-state index in [1.165, 1.54) is 51.4 Å². The molecule has 2 unspecified atom stereocenters. The normalized spacial score (nSPS) is 54.0.